The fourth-order valence-corrected chi connectivity index (χ4v) is 4.98. The van der Waals surface area contributed by atoms with E-state index in [2.05, 4.69) is 0 Å². The first-order chi connectivity index (χ1) is 17.7. The van der Waals surface area contributed by atoms with Crippen LogP contribution in [0.3, 0.4) is 0 Å². The number of aliphatic hydroxyl groups excluding tert-OH is 1. The number of fused-ring (bicyclic) bond motifs is 1. The molecular formula is C29H36N2O6. The number of amides is 1. The third-order valence-corrected chi connectivity index (χ3v) is 6.60. The molecular weight excluding hydrogens is 472 g/mol. The SMILES string of the molecule is CCOc1ccc([C@H]2C(=C(O)c3ccc4c(c3)C[C@@H](C)O4)C(=O)C(=O)N2CCCN(C)C)cc1OCC. The van der Waals surface area contributed by atoms with Crippen molar-refractivity contribution in [3.63, 3.8) is 0 Å². The maximum absolute atomic E-state index is 13.4. The summed E-state index contributed by atoms with van der Waals surface area (Å²) < 4.78 is 17.3. The molecule has 2 heterocycles. The molecule has 2 aromatic rings. The largest absolute Gasteiger partial charge is 0.507 e. The van der Waals surface area contributed by atoms with Crippen LogP contribution in [0.2, 0.25) is 0 Å². The Kier molecular flexibility index (Phi) is 8.07. The van der Waals surface area contributed by atoms with E-state index in [1.54, 1.807) is 29.2 Å². The Morgan fingerprint density at radius 1 is 1.08 bits per heavy atom. The van der Waals surface area contributed by atoms with Gasteiger partial charge >= 0.3 is 0 Å². The van der Waals surface area contributed by atoms with Crippen LogP contribution in [-0.2, 0) is 16.0 Å². The van der Waals surface area contributed by atoms with Gasteiger partial charge in [0.2, 0.25) is 0 Å². The minimum absolute atomic E-state index is 0.0514. The van der Waals surface area contributed by atoms with Crippen LogP contribution >= 0.6 is 0 Å². The maximum Gasteiger partial charge on any atom is 0.295 e. The Labute approximate surface area is 218 Å². The molecule has 0 bridgehead atoms. The summed E-state index contributed by atoms with van der Waals surface area (Å²) >= 11 is 0. The van der Waals surface area contributed by atoms with E-state index >= 15 is 0 Å². The van der Waals surface area contributed by atoms with Gasteiger partial charge in [0.1, 0.15) is 17.6 Å². The summed E-state index contributed by atoms with van der Waals surface area (Å²) in [6.45, 7) is 7.80. The first-order valence-electron chi connectivity index (χ1n) is 12.9. The van der Waals surface area contributed by atoms with Gasteiger partial charge in [0, 0.05) is 18.5 Å². The zero-order valence-corrected chi connectivity index (χ0v) is 22.2. The van der Waals surface area contributed by atoms with E-state index in [-0.39, 0.29) is 17.4 Å². The summed E-state index contributed by atoms with van der Waals surface area (Å²) in [5.74, 6) is 0.402. The highest BCUT2D eigenvalue weighted by molar-refractivity contribution is 6.46. The molecule has 1 N–H and O–H groups in total. The van der Waals surface area contributed by atoms with Crippen molar-refractivity contribution in [2.75, 3.05) is 40.4 Å². The third-order valence-electron chi connectivity index (χ3n) is 6.60. The van der Waals surface area contributed by atoms with E-state index in [1.807, 2.05) is 51.9 Å². The third kappa shape index (κ3) is 5.44. The summed E-state index contributed by atoms with van der Waals surface area (Å²) in [6, 6.07) is 10.0. The lowest BCUT2D eigenvalue weighted by Gasteiger charge is -2.26. The summed E-state index contributed by atoms with van der Waals surface area (Å²) in [6.07, 6.45) is 1.45. The average Bonchev–Trinajstić information content (AvgIpc) is 3.35. The standard InChI is InChI=1S/C29H36N2O6/c1-6-35-23-12-9-19(17-24(23)36-7-2)26-25(28(33)29(34)31(26)14-8-13-30(4)5)27(32)20-10-11-22-21(16-20)15-18(3)37-22/h9-12,16-18,26,32H,6-8,13-15H2,1-5H3/t18-,26+/m1/s1. The van der Waals surface area contributed by atoms with E-state index in [9.17, 15) is 14.7 Å². The molecule has 8 nitrogen and oxygen atoms in total. The van der Waals surface area contributed by atoms with Crippen molar-refractivity contribution < 1.29 is 28.9 Å². The van der Waals surface area contributed by atoms with Crippen LogP contribution in [0.25, 0.3) is 5.76 Å². The van der Waals surface area contributed by atoms with Gasteiger partial charge in [-0.2, -0.15) is 0 Å². The second-order valence-corrected chi connectivity index (χ2v) is 9.68. The Hall–Kier alpha value is -3.52. The quantitative estimate of drug-likeness (QED) is 0.293. The molecule has 2 aliphatic heterocycles. The number of aliphatic hydroxyl groups is 1. The number of hydrogen-bond donors (Lipinski definition) is 1. The van der Waals surface area contributed by atoms with Crippen molar-refractivity contribution in [1.29, 1.82) is 0 Å². The number of benzene rings is 2. The molecule has 0 saturated carbocycles. The van der Waals surface area contributed by atoms with Gasteiger partial charge in [-0.3, -0.25) is 9.59 Å². The average molecular weight is 509 g/mol. The first-order valence-corrected chi connectivity index (χ1v) is 12.9. The Bertz CT molecular complexity index is 1200. The van der Waals surface area contributed by atoms with Gasteiger partial charge in [-0.25, -0.2) is 0 Å². The minimum Gasteiger partial charge on any atom is -0.507 e. The molecule has 2 aromatic carbocycles. The van der Waals surface area contributed by atoms with Crippen LogP contribution < -0.4 is 14.2 Å². The van der Waals surface area contributed by atoms with E-state index in [0.717, 1.165) is 24.3 Å². The summed E-state index contributed by atoms with van der Waals surface area (Å²) in [4.78, 5) is 30.2. The molecule has 8 heteroatoms. The van der Waals surface area contributed by atoms with Crippen molar-refractivity contribution in [2.45, 2.75) is 45.8 Å². The normalized spacial score (nSPS) is 20.3. The fraction of sp³-hybridized carbons (Fsp3) is 0.448. The number of Topliss-reactive ketones (excluding diaryl/α,β-unsaturated/α-hetero) is 1. The van der Waals surface area contributed by atoms with Gasteiger partial charge in [0.05, 0.1) is 24.8 Å². The van der Waals surface area contributed by atoms with E-state index in [1.165, 1.54) is 0 Å². The Morgan fingerprint density at radius 3 is 2.51 bits per heavy atom. The molecule has 2 aliphatic rings. The Balaban J connectivity index is 1.81. The number of ether oxygens (including phenoxy) is 3. The van der Waals surface area contributed by atoms with Gasteiger partial charge in [0.25, 0.3) is 11.7 Å². The molecule has 2 atom stereocenters. The van der Waals surface area contributed by atoms with Crippen molar-refractivity contribution in [1.82, 2.24) is 9.80 Å². The van der Waals surface area contributed by atoms with Crippen LogP contribution in [0.15, 0.2) is 42.0 Å². The number of likely N-dealkylation sites (tertiary alicyclic amines) is 1. The van der Waals surface area contributed by atoms with Crippen LogP contribution in [0.5, 0.6) is 17.2 Å². The predicted molar refractivity (Wildman–Crippen MR) is 141 cm³/mol. The molecule has 37 heavy (non-hydrogen) atoms. The summed E-state index contributed by atoms with van der Waals surface area (Å²) in [5, 5.41) is 11.5. The van der Waals surface area contributed by atoms with E-state index in [0.29, 0.717) is 48.8 Å². The maximum atomic E-state index is 13.4. The second kappa shape index (κ2) is 11.3. The van der Waals surface area contributed by atoms with Crippen molar-refractivity contribution in [2.24, 2.45) is 0 Å². The lowest BCUT2D eigenvalue weighted by Crippen LogP contribution is -2.32. The summed E-state index contributed by atoms with van der Waals surface area (Å²) in [5.41, 5.74) is 2.21. The molecule has 1 amide bonds. The first kappa shape index (κ1) is 26.5. The number of ketones is 1. The summed E-state index contributed by atoms with van der Waals surface area (Å²) in [7, 11) is 3.93. The molecule has 1 fully saturated rings. The van der Waals surface area contributed by atoms with Crippen LogP contribution in [0.1, 0.15) is 49.9 Å². The zero-order valence-electron chi connectivity index (χ0n) is 22.2. The highest BCUT2D eigenvalue weighted by Gasteiger charge is 2.46. The number of rotatable bonds is 10. The van der Waals surface area contributed by atoms with Gasteiger partial charge in [-0.1, -0.05) is 6.07 Å². The molecule has 0 spiro atoms. The Morgan fingerprint density at radius 2 is 1.81 bits per heavy atom. The highest BCUT2D eigenvalue weighted by Crippen LogP contribution is 2.43. The lowest BCUT2D eigenvalue weighted by molar-refractivity contribution is -0.139. The number of nitrogens with zero attached hydrogens (tertiary/aromatic N) is 2. The molecule has 0 unspecified atom stereocenters. The van der Waals surface area contributed by atoms with Gasteiger partial charge in [-0.15, -0.1) is 0 Å². The fourth-order valence-electron chi connectivity index (χ4n) is 4.98. The van der Waals surface area contributed by atoms with Crippen molar-refractivity contribution in [3.05, 3.63) is 58.7 Å². The lowest BCUT2D eigenvalue weighted by atomic mass is 9.94. The van der Waals surface area contributed by atoms with Gasteiger partial charge in [-0.05, 0) is 89.3 Å². The van der Waals surface area contributed by atoms with E-state index in [4.69, 9.17) is 14.2 Å². The molecule has 0 radical (unpaired) electrons. The van der Waals surface area contributed by atoms with Crippen LogP contribution in [0, 0.1) is 0 Å². The molecule has 1 saturated heterocycles. The molecule has 4 rings (SSSR count). The number of hydrogen-bond acceptors (Lipinski definition) is 7. The van der Waals surface area contributed by atoms with E-state index < -0.39 is 17.7 Å². The van der Waals surface area contributed by atoms with Crippen molar-refractivity contribution in [3.8, 4) is 17.2 Å². The minimum atomic E-state index is -0.750. The van der Waals surface area contributed by atoms with Crippen molar-refractivity contribution >= 4 is 17.4 Å². The molecule has 0 aliphatic carbocycles. The second-order valence-electron chi connectivity index (χ2n) is 9.68. The van der Waals surface area contributed by atoms with Gasteiger partial charge < -0.3 is 29.1 Å². The highest BCUT2D eigenvalue weighted by atomic mass is 16.5. The topological polar surface area (TPSA) is 88.5 Å². The predicted octanol–water partition coefficient (Wildman–Crippen LogP) is 4.18. The van der Waals surface area contributed by atoms with Crippen LogP contribution in [0.4, 0.5) is 0 Å². The number of carbonyl (C=O) groups excluding carboxylic acids is 2. The molecule has 198 valence electrons. The monoisotopic (exact) mass is 508 g/mol. The smallest absolute Gasteiger partial charge is 0.295 e. The number of carbonyl (C=O) groups is 2. The van der Waals surface area contributed by atoms with Crippen LogP contribution in [-0.4, -0.2) is 73.1 Å². The van der Waals surface area contributed by atoms with Gasteiger partial charge in [0.15, 0.2) is 11.5 Å². The zero-order chi connectivity index (χ0) is 26.7. The molecule has 0 aromatic heterocycles.